The highest BCUT2D eigenvalue weighted by Crippen LogP contribution is 2.32. The first-order valence-corrected chi connectivity index (χ1v) is 8.16. The van der Waals surface area contributed by atoms with E-state index in [-0.39, 0.29) is 0 Å². The van der Waals surface area contributed by atoms with Crippen LogP contribution >= 0.6 is 0 Å². The maximum atomic E-state index is 11.6. The van der Waals surface area contributed by atoms with Crippen molar-refractivity contribution in [3.8, 4) is 17.1 Å². The van der Waals surface area contributed by atoms with E-state index in [2.05, 4.69) is 14.3 Å². The smallest absolute Gasteiger partial charge is 0.163 e. The van der Waals surface area contributed by atoms with Crippen molar-refractivity contribution in [3.63, 3.8) is 0 Å². The molecule has 6 nitrogen and oxygen atoms in total. The van der Waals surface area contributed by atoms with Crippen molar-refractivity contribution in [1.82, 2.24) is 9.97 Å². The summed E-state index contributed by atoms with van der Waals surface area (Å²) in [6, 6.07) is 5.37. The van der Waals surface area contributed by atoms with Crippen LogP contribution in [0, 0.1) is 0 Å². The summed E-state index contributed by atoms with van der Waals surface area (Å²) < 4.78 is 20.9. The van der Waals surface area contributed by atoms with Gasteiger partial charge in [-0.25, -0.2) is 14.2 Å². The average molecular weight is 292 g/mol. The summed E-state index contributed by atoms with van der Waals surface area (Å²) in [6.45, 7) is 0. The van der Waals surface area contributed by atoms with Crippen molar-refractivity contribution in [2.24, 2.45) is 4.36 Å². The van der Waals surface area contributed by atoms with Gasteiger partial charge in [-0.3, -0.25) is 0 Å². The van der Waals surface area contributed by atoms with E-state index in [1.54, 1.807) is 31.8 Å². The molecule has 0 bridgehead atoms. The third kappa shape index (κ3) is 3.24. The molecule has 1 aromatic carbocycles. The van der Waals surface area contributed by atoms with Crippen LogP contribution in [-0.2, 0) is 9.73 Å². The van der Waals surface area contributed by atoms with Gasteiger partial charge in [0.15, 0.2) is 11.6 Å². The van der Waals surface area contributed by atoms with Gasteiger partial charge < -0.3 is 10.5 Å². The van der Waals surface area contributed by atoms with E-state index in [0.717, 1.165) is 0 Å². The first-order chi connectivity index (χ1) is 9.40. The van der Waals surface area contributed by atoms with Crippen molar-refractivity contribution < 1.29 is 8.95 Å². The standard InChI is InChI=1S/C13H16N4O2S/c1-19-12-10(5-4-6-11(12)14)13-15-7-9(8-16-13)17-20(2,3)18/h4-8H,14H2,1-3H3. The zero-order valence-electron chi connectivity index (χ0n) is 11.5. The fourth-order valence-corrected chi connectivity index (χ4v) is 2.32. The number of rotatable bonds is 3. The van der Waals surface area contributed by atoms with Crippen LogP contribution in [0.5, 0.6) is 5.75 Å². The molecule has 0 atom stereocenters. The number of para-hydroxylation sites is 1. The number of hydrogen-bond acceptors (Lipinski definition) is 6. The van der Waals surface area contributed by atoms with E-state index in [9.17, 15) is 4.21 Å². The van der Waals surface area contributed by atoms with Crippen LogP contribution in [0.25, 0.3) is 11.4 Å². The van der Waals surface area contributed by atoms with Crippen molar-refractivity contribution in [2.75, 3.05) is 25.4 Å². The number of aromatic nitrogens is 2. The summed E-state index contributed by atoms with van der Waals surface area (Å²) >= 11 is 0. The third-order valence-electron chi connectivity index (χ3n) is 2.45. The quantitative estimate of drug-likeness (QED) is 0.875. The summed E-state index contributed by atoms with van der Waals surface area (Å²) in [6.07, 6.45) is 6.17. The summed E-state index contributed by atoms with van der Waals surface area (Å²) in [5.74, 6) is 1.01. The van der Waals surface area contributed by atoms with Crippen molar-refractivity contribution in [1.29, 1.82) is 0 Å². The Morgan fingerprint density at radius 3 is 2.45 bits per heavy atom. The molecular weight excluding hydrogens is 276 g/mol. The average Bonchev–Trinajstić information content (AvgIpc) is 2.37. The minimum Gasteiger partial charge on any atom is -0.494 e. The lowest BCUT2D eigenvalue weighted by Crippen LogP contribution is -1.97. The normalized spacial score (nSPS) is 11.2. The summed E-state index contributed by atoms with van der Waals surface area (Å²) in [4.78, 5) is 8.43. The van der Waals surface area contributed by atoms with Gasteiger partial charge >= 0.3 is 0 Å². The Balaban J connectivity index is 2.46. The molecule has 0 saturated heterocycles. The zero-order chi connectivity index (χ0) is 14.8. The second kappa shape index (κ2) is 5.46. The SMILES string of the molecule is COc1c(N)cccc1-c1ncc(N=S(C)(C)=O)cn1. The van der Waals surface area contributed by atoms with Gasteiger partial charge in [0.1, 0.15) is 5.69 Å². The van der Waals surface area contributed by atoms with Gasteiger partial charge in [0.05, 0.1) is 30.8 Å². The van der Waals surface area contributed by atoms with Gasteiger partial charge in [0.25, 0.3) is 0 Å². The summed E-state index contributed by atoms with van der Waals surface area (Å²) in [5.41, 5.74) is 7.55. The molecular formula is C13H16N4O2S. The molecule has 0 aliphatic rings. The van der Waals surface area contributed by atoms with Gasteiger partial charge in [-0.2, -0.15) is 4.36 Å². The van der Waals surface area contributed by atoms with Crippen molar-refractivity contribution >= 4 is 21.1 Å². The minimum absolute atomic E-state index is 0.478. The van der Waals surface area contributed by atoms with Crippen LogP contribution in [0.15, 0.2) is 35.0 Å². The molecule has 1 aromatic heterocycles. The molecule has 2 N–H and O–H groups in total. The van der Waals surface area contributed by atoms with Gasteiger partial charge in [-0.05, 0) is 12.1 Å². The zero-order valence-corrected chi connectivity index (χ0v) is 12.3. The lowest BCUT2D eigenvalue weighted by atomic mass is 10.1. The molecule has 7 heteroatoms. The minimum atomic E-state index is -2.22. The lowest BCUT2D eigenvalue weighted by molar-refractivity contribution is 0.418. The summed E-state index contributed by atoms with van der Waals surface area (Å²) in [7, 11) is -0.680. The number of benzene rings is 1. The predicted octanol–water partition coefficient (Wildman–Crippen LogP) is 2.09. The van der Waals surface area contributed by atoms with Crippen LogP contribution < -0.4 is 10.5 Å². The topological polar surface area (TPSA) is 90.5 Å². The molecule has 1 heterocycles. The molecule has 0 spiro atoms. The second-order valence-corrected chi connectivity index (χ2v) is 7.01. The van der Waals surface area contributed by atoms with Crippen LogP contribution in [0.2, 0.25) is 0 Å². The Bertz CT molecular complexity index is 727. The van der Waals surface area contributed by atoms with Crippen molar-refractivity contribution in [3.05, 3.63) is 30.6 Å². The lowest BCUT2D eigenvalue weighted by Gasteiger charge is -2.09. The molecule has 2 rings (SSSR count). The molecule has 0 amide bonds. The first-order valence-electron chi connectivity index (χ1n) is 5.83. The maximum absolute atomic E-state index is 11.6. The molecule has 0 aliphatic heterocycles. The third-order valence-corrected chi connectivity index (χ3v) is 3.10. The fourth-order valence-electron chi connectivity index (χ4n) is 1.72. The van der Waals surface area contributed by atoms with Crippen LogP contribution in [0.4, 0.5) is 11.4 Å². The Morgan fingerprint density at radius 1 is 1.25 bits per heavy atom. The van der Waals surface area contributed by atoms with Crippen LogP contribution in [0.1, 0.15) is 0 Å². The van der Waals surface area contributed by atoms with E-state index in [1.165, 1.54) is 12.4 Å². The number of nitrogen functional groups attached to an aromatic ring is 1. The van der Waals surface area contributed by atoms with Gasteiger partial charge in [0.2, 0.25) is 0 Å². The van der Waals surface area contributed by atoms with Crippen LogP contribution in [-0.4, -0.2) is 33.8 Å². The second-order valence-electron chi connectivity index (χ2n) is 4.47. The molecule has 106 valence electrons. The number of anilines is 1. The fraction of sp³-hybridized carbons (Fsp3) is 0.231. The summed E-state index contributed by atoms with van der Waals surface area (Å²) in [5, 5.41) is 0. The maximum Gasteiger partial charge on any atom is 0.163 e. The van der Waals surface area contributed by atoms with E-state index in [1.807, 2.05) is 6.07 Å². The van der Waals surface area contributed by atoms with Crippen molar-refractivity contribution in [2.45, 2.75) is 0 Å². The van der Waals surface area contributed by atoms with E-state index in [4.69, 9.17) is 10.5 Å². The highest BCUT2D eigenvalue weighted by atomic mass is 32.2. The monoisotopic (exact) mass is 292 g/mol. The molecule has 0 saturated carbocycles. The molecule has 0 fully saturated rings. The number of nitrogens with zero attached hydrogens (tertiary/aromatic N) is 3. The molecule has 2 aromatic rings. The number of hydrogen-bond donors (Lipinski definition) is 1. The van der Waals surface area contributed by atoms with Crippen LogP contribution in [0.3, 0.4) is 0 Å². The number of ether oxygens (including phenoxy) is 1. The number of nitrogens with two attached hydrogens (primary N) is 1. The molecule has 0 aliphatic carbocycles. The largest absolute Gasteiger partial charge is 0.494 e. The first kappa shape index (κ1) is 14.3. The number of methoxy groups -OCH3 is 1. The van der Waals surface area contributed by atoms with E-state index < -0.39 is 9.73 Å². The Hall–Kier alpha value is -2.15. The Morgan fingerprint density at radius 2 is 1.90 bits per heavy atom. The molecule has 0 radical (unpaired) electrons. The Kier molecular flexibility index (Phi) is 3.89. The Labute approximate surface area is 118 Å². The van der Waals surface area contributed by atoms with Gasteiger partial charge in [-0.15, -0.1) is 0 Å². The van der Waals surface area contributed by atoms with Gasteiger partial charge in [0, 0.05) is 22.2 Å². The van der Waals surface area contributed by atoms with E-state index in [0.29, 0.717) is 28.5 Å². The molecule has 0 unspecified atom stereocenters. The predicted molar refractivity (Wildman–Crippen MR) is 80.5 cm³/mol. The highest BCUT2D eigenvalue weighted by molar-refractivity contribution is 7.92. The van der Waals surface area contributed by atoms with E-state index >= 15 is 0 Å². The molecule has 20 heavy (non-hydrogen) atoms. The highest BCUT2D eigenvalue weighted by Gasteiger charge is 2.11. The van der Waals surface area contributed by atoms with Gasteiger partial charge in [-0.1, -0.05) is 6.07 Å².